The molecule has 0 saturated carbocycles. The van der Waals surface area contributed by atoms with Crippen molar-refractivity contribution in [1.82, 2.24) is 4.90 Å². The van der Waals surface area contributed by atoms with E-state index in [1.54, 1.807) is 12.0 Å². The van der Waals surface area contributed by atoms with E-state index >= 15 is 0 Å². The number of ether oxygens (including phenoxy) is 2. The van der Waals surface area contributed by atoms with Gasteiger partial charge in [0, 0.05) is 44.6 Å². The third-order valence-electron chi connectivity index (χ3n) is 4.60. The number of hydrogen-bond donors (Lipinski definition) is 1. The zero-order valence-corrected chi connectivity index (χ0v) is 16.3. The highest BCUT2D eigenvalue weighted by Gasteiger charge is 2.26. The molecule has 1 aromatic carbocycles. The first-order valence-corrected chi connectivity index (χ1v) is 9.45. The molecule has 154 valence electrons. The monoisotopic (exact) mass is 393 g/mol. The van der Waals surface area contributed by atoms with Gasteiger partial charge in [0.2, 0.25) is 0 Å². The molecule has 1 N–H and O–H groups in total. The second-order valence-corrected chi connectivity index (χ2v) is 6.69. The van der Waals surface area contributed by atoms with Gasteiger partial charge in [-0.25, -0.2) is 4.79 Å². The average molecular weight is 393 g/mol. The van der Waals surface area contributed by atoms with Crippen molar-refractivity contribution in [2.45, 2.75) is 38.7 Å². The predicted octanol–water partition coefficient (Wildman–Crippen LogP) is 2.60. The van der Waals surface area contributed by atoms with E-state index in [-0.39, 0.29) is 17.2 Å². The number of likely N-dealkylation sites (tertiary alicyclic amines) is 1. The Morgan fingerprint density at radius 2 is 1.93 bits per heavy atom. The lowest BCUT2D eigenvalue weighted by Crippen LogP contribution is -2.40. The molecule has 0 spiro atoms. The summed E-state index contributed by atoms with van der Waals surface area (Å²) in [6.45, 7) is 3.65. The fourth-order valence-electron chi connectivity index (χ4n) is 3.08. The van der Waals surface area contributed by atoms with Gasteiger partial charge in [-0.05, 0) is 25.8 Å². The minimum absolute atomic E-state index is 0.0146. The maximum Gasteiger partial charge on any atom is 0.341 e. The van der Waals surface area contributed by atoms with Crippen molar-refractivity contribution >= 4 is 23.3 Å². The molecular weight excluding hydrogens is 366 g/mol. The van der Waals surface area contributed by atoms with E-state index in [0.717, 1.165) is 31.7 Å². The van der Waals surface area contributed by atoms with Crippen LogP contribution in [0.15, 0.2) is 18.2 Å². The number of hydrogen-bond acceptors (Lipinski definition) is 7. The summed E-state index contributed by atoms with van der Waals surface area (Å²) in [5, 5.41) is 14.1. The number of benzene rings is 1. The number of methoxy groups -OCH3 is 1. The van der Waals surface area contributed by atoms with Crippen LogP contribution in [0.2, 0.25) is 0 Å². The Bertz CT molecular complexity index is 701. The number of nitro benzene ring substituents is 1. The molecule has 28 heavy (non-hydrogen) atoms. The van der Waals surface area contributed by atoms with Crippen LogP contribution in [-0.4, -0.2) is 61.2 Å². The molecule has 0 aromatic heterocycles. The lowest BCUT2D eigenvalue weighted by atomic mass is 10.1. The molecule has 0 aliphatic carbocycles. The summed E-state index contributed by atoms with van der Waals surface area (Å²) < 4.78 is 10.3. The Labute approximate surface area is 164 Å². The number of amides is 1. The van der Waals surface area contributed by atoms with E-state index in [2.05, 4.69) is 5.32 Å². The summed E-state index contributed by atoms with van der Waals surface area (Å²) in [5.74, 6) is -1.02. The van der Waals surface area contributed by atoms with E-state index in [0.29, 0.717) is 31.9 Å². The van der Waals surface area contributed by atoms with Gasteiger partial charge in [0.1, 0.15) is 0 Å². The van der Waals surface area contributed by atoms with Crippen LogP contribution in [-0.2, 0) is 14.3 Å². The SMILES string of the molecule is COCCNc1ccc([N+](=O)[O-])cc1C(=O)O[C@H](C)C(=O)N1CCCCCC1. The Hall–Kier alpha value is -2.68. The van der Waals surface area contributed by atoms with Gasteiger partial charge in [0.05, 0.1) is 17.1 Å². The molecule has 1 aromatic rings. The highest BCUT2D eigenvalue weighted by molar-refractivity contribution is 5.98. The Balaban J connectivity index is 2.12. The first-order valence-electron chi connectivity index (χ1n) is 9.45. The molecule has 1 saturated heterocycles. The number of rotatable bonds is 8. The highest BCUT2D eigenvalue weighted by atomic mass is 16.6. The summed E-state index contributed by atoms with van der Waals surface area (Å²) in [7, 11) is 1.54. The largest absolute Gasteiger partial charge is 0.449 e. The van der Waals surface area contributed by atoms with Gasteiger partial charge in [-0.2, -0.15) is 0 Å². The van der Waals surface area contributed by atoms with E-state index in [1.165, 1.54) is 19.1 Å². The van der Waals surface area contributed by atoms with Crippen LogP contribution in [0.4, 0.5) is 11.4 Å². The topological polar surface area (TPSA) is 111 Å². The molecule has 0 radical (unpaired) electrons. The zero-order chi connectivity index (χ0) is 20.5. The number of non-ortho nitro benzene ring substituents is 1. The van der Waals surface area contributed by atoms with Gasteiger partial charge in [-0.3, -0.25) is 14.9 Å². The maximum absolute atomic E-state index is 12.7. The third-order valence-corrected chi connectivity index (χ3v) is 4.60. The van der Waals surface area contributed by atoms with Crippen LogP contribution in [0.1, 0.15) is 43.0 Å². The third kappa shape index (κ3) is 5.91. The van der Waals surface area contributed by atoms with Gasteiger partial charge < -0.3 is 19.7 Å². The van der Waals surface area contributed by atoms with Crippen molar-refractivity contribution < 1.29 is 24.0 Å². The molecule has 1 amide bonds. The Morgan fingerprint density at radius 1 is 1.25 bits per heavy atom. The quantitative estimate of drug-likeness (QED) is 0.313. The van der Waals surface area contributed by atoms with Gasteiger partial charge in [0.15, 0.2) is 6.10 Å². The van der Waals surface area contributed by atoms with Crippen LogP contribution < -0.4 is 5.32 Å². The second kappa shape index (κ2) is 10.6. The molecule has 9 nitrogen and oxygen atoms in total. The van der Waals surface area contributed by atoms with Crippen molar-refractivity contribution in [3.8, 4) is 0 Å². The van der Waals surface area contributed by atoms with Crippen molar-refractivity contribution in [3.63, 3.8) is 0 Å². The standard InChI is InChI=1S/C19H27N3O6/c1-14(18(23)21-10-5-3-4-6-11-21)28-19(24)16-13-15(22(25)26)7-8-17(16)20-9-12-27-2/h7-8,13-14,20H,3-6,9-12H2,1-2H3/t14-/m1/s1. The number of nitro groups is 1. The number of carbonyl (C=O) groups excluding carboxylic acids is 2. The molecule has 1 aliphatic rings. The minimum atomic E-state index is -0.961. The zero-order valence-electron chi connectivity index (χ0n) is 16.3. The van der Waals surface area contributed by atoms with E-state index in [1.807, 2.05) is 0 Å². The van der Waals surface area contributed by atoms with Gasteiger partial charge in [0.25, 0.3) is 11.6 Å². The summed E-state index contributed by atoms with van der Waals surface area (Å²) >= 11 is 0. The van der Waals surface area contributed by atoms with Crippen LogP contribution in [0.5, 0.6) is 0 Å². The molecule has 0 unspecified atom stereocenters. The lowest BCUT2D eigenvalue weighted by molar-refractivity contribution is -0.384. The number of nitrogens with one attached hydrogen (secondary N) is 1. The molecular formula is C19H27N3O6. The fraction of sp³-hybridized carbons (Fsp3) is 0.579. The number of anilines is 1. The highest BCUT2D eigenvalue weighted by Crippen LogP contribution is 2.24. The predicted molar refractivity (Wildman–Crippen MR) is 103 cm³/mol. The van der Waals surface area contributed by atoms with Gasteiger partial charge in [-0.15, -0.1) is 0 Å². The maximum atomic E-state index is 12.7. The summed E-state index contributed by atoms with van der Waals surface area (Å²) in [6.07, 6.45) is 3.08. The van der Waals surface area contributed by atoms with Crippen molar-refractivity contribution in [2.24, 2.45) is 0 Å². The van der Waals surface area contributed by atoms with Crippen molar-refractivity contribution in [2.75, 3.05) is 38.7 Å². The summed E-state index contributed by atoms with van der Waals surface area (Å²) in [5.41, 5.74) is 0.179. The van der Waals surface area contributed by atoms with Crippen LogP contribution in [0.3, 0.4) is 0 Å². The molecule has 1 fully saturated rings. The number of esters is 1. The lowest BCUT2D eigenvalue weighted by Gasteiger charge is -2.24. The van der Waals surface area contributed by atoms with E-state index < -0.39 is 17.0 Å². The normalized spacial score (nSPS) is 15.4. The smallest absolute Gasteiger partial charge is 0.341 e. The van der Waals surface area contributed by atoms with Crippen LogP contribution in [0, 0.1) is 10.1 Å². The summed E-state index contributed by atoms with van der Waals surface area (Å²) in [6, 6.07) is 3.91. The molecule has 0 bridgehead atoms. The molecule has 1 atom stereocenters. The van der Waals surface area contributed by atoms with Crippen molar-refractivity contribution in [3.05, 3.63) is 33.9 Å². The Kier molecular flexibility index (Phi) is 8.19. The molecule has 9 heteroatoms. The average Bonchev–Trinajstić information content (AvgIpc) is 2.97. The number of carbonyl (C=O) groups is 2. The van der Waals surface area contributed by atoms with E-state index in [9.17, 15) is 19.7 Å². The van der Waals surface area contributed by atoms with Crippen LogP contribution in [0.25, 0.3) is 0 Å². The van der Waals surface area contributed by atoms with E-state index in [4.69, 9.17) is 9.47 Å². The molecule has 1 heterocycles. The van der Waals surface area contributed by atoms with Crippen LogP contribution >= 0.6 is 0 Å². The van der Waals surface area contributed by atoms with Crippen molar-refractivity contribution in [1.29, 1.82) is 0 Å². The summed E-state index contributed by atoms with van der Waals surface area (Å²) in [4.78, 5) is 37.5. The minimum Gasteiger partial charge on any atom is -0.449 e. The van der Waals surface area contributed by atoms with Gasteiger partial charge >= 0.3 is 5.97 Å². The second-order valence-electron chi connectivity index (χ2n) is 6.69. The number of nitrogens with zero attached hydrogens (tertiary/aromatic N) is 2. The molecule has 1 aliphatic heterocycles. The first-order chi connectivity index (χ1) is 13.4. The fourth-order valence-corrected chi connectivity index (χ4v) is 3.08. The first kappa shape index (κ1) is 21.6. The Morgan fingerprint density at radius 3 is 2.54 bits per heavy atom. The van der Waals surface area contributed by atoms with Gasteiger partial charge in [-0.1, -0.05) is 12.8 Å². The molecule has 2 rings (SSSR count).